The van der Waals surface area contributed by atoms with Gasteiger partial charge in [-0.2, -0.15) is 0 Å². The van der Waals surface area contributed by atoms with Crippen molar-refractivity contribution in [3.63, 3.8) is 0 Å². The van der Waals surface area contributed by atoms with Gasteiger partial charge in [0, 0.05) is 0 Å². The highest BCUT2D eigenvalue weighted by atomic mass is 16.3. The number of rotatable bonds is 5. The molecule has 0 aliphatic rings. The highest BCUT2D eigenvalue weighted by Crippen LogP contribution is 2.07. The molecular weight excluding hydrogens is 176 g/mol. The first-order chi connectivity index (χ1) is 6.43. The van der Waals surface area contributed by atoms with Crippen LogP contribution in [-0.2, 0) is 4.79 Å². The van der Waals surface area contributed by atoms with Crippen LogP contribution in [0.4, 0.5) is 0 Å². The number of Topliss-reactive ketones (excluding diaryl/α,β-unsaturated/α-hetero) is 1. The molecule has 0 aromatic carbocycles. The van der Waals surface area contributed by atoms with Crippen LogP contribution in [0.15, 0.2) is 23.3 Å². The Morgan fingerprint density at radius 2 is 1.86 bits per heavy atom. The number of ketones is 1. The molecule has 1 atom stereocenters. The maximum Gasteiger partial charge on any atom is 0.162 e. The van der Waals surface area contributed by atoms with Crippen LogP contribution < -0.4 is 0 Å². The molecule has 0 saturated heterocycles. The summed E-state index contributed by atoms with van der Waals surface area (Å²) in [5.41, 5.74) is 2.36. The topological polar surface area (TPSA) is 37.3 Å². The van der Waals surface area contributed by atoms with E-state index in [9.17, 15) is 9.90 Å². The second-order valence-electron chi connectivity index (χ2n) is 3.89. The SMILES string of the molecule is CC(=O)C(O)/C=C(/C)CCC=C(C)C. The van der Waals surface area contributed by atoms with Gasteiger partial charge in [-0.05, 0) is 46.6 Å². The first-order valence-corrected chi connectivity index (χ1v) is 4.92. The number of allylic oxidation sites excluding steroid dienone is 3. The fourth-order valence-electron chi connectivity index (χ4n) is 1.06. The average molecular weight is 196 g/mol. The summed E-state index contributed by atoms with van der Waals surface area (Å²) in [5.74, 6) is -0.202. The Bertz CT molecular complexity index is 245. The molecule has 0 bridgehead atoms. The zero-order valence-corrected chi connectivity index (χ0v) is 9.50. The molecule has 1 N–H and O–H groups in total. The van der Waals surface area contributed by atoms with Gasteiger partial charge >= 0.3 is 0 Å². The quantitative estimate of drug-likeness (QED) is 0.686. The first-order valence-electron chi connectivity index (χ1n) is 4.92. The lowest BCUT2D eigenvalue weighted by molar-refractivity contribution is -0.122. The van der Waals surface area contributed by atoms with Crippen molar-refractivity contribution in [2.24, 2.45) is 0 Å². The maximum absolute atomic E-state index is 10.8. The predicted octanol–water partition coefficient (Wildman–Crippen LogP) is 2.63. The van der Waals surface area contributed by atoms with Crippen molar-refractivity contribution in [1.82, 2.24) is 0 Å². The van der Waals surface area contributed by atoms with Gasteiger partial charge in [-0.15, -0.1) is 0 Å². The molecule has 1 unspecified atom stereocenters. The van der Waals surface area contributed by atoms with E-state index >= 15 is 0 Å². The Morgan fingerprint density at radius 1 is 1.29 bits per heavy atom. The van der Waals surface area contributed by atoms with E-state index in [0.717, 1.165) is 18.4 Å². The van der Waals surface area contributed by atoms with Crippen molar-refractivity contribution in [3.8, 4) is 0 Å². The van der Waals surface area contributed by atoms with Crippen LogP contribution in [0.1, 0.15) is 40.5 Å². The second-order valence-corrected chi connectivity index (χ2v) is 3.89. The average Bonchev–Trinajstić information content (AvgIpc) is 2.02. The van der Waals surface area contributed by atoms with Crippen molar-refractivity contribution in [2.75, 3.05) is 0 Å². The Kier molecular flexibility index (Phi) is 6.13. The van der Waals surface area contributed by atoms with Crippen LogP contribution in [0.2, 0.25) is 0 Å². The van der Waals surface area contributed by atoms with Crippen molar-refractivity contribution in [3.05, 3.63) is 23.3 Å². The van der Waals surface area contributed by atoms with E-state index < -0.39 is 6.10 Å². The zero-order valence-electron chi connectivity index (χ0n) is 9.50. The van der Waals surface area contributed by atoms with Gasteiger partial charge in [-0.3, -0.25) is 4.79 Å². The molecule has 0 fully saturated rings. The molecule has 0 aliphatic carbocycles. The maximum atomic E-state index is 10.8. The standard InChI is InChI=1S/C12H20O2/c1-9(2)6-5-7-10(3)8-12(14)11(4)13/h6,8,12,14H,5,7H2,1-4H3/b10-8-. The third-order valence-electron chi connectivity index (χ3n) is 1.95. The van der Waals surface area contributed by atoms with E-state index in [1.165, 1.54) is 12.5 Å². The lowest BCUT2D eigenvalue weighted by Gasteiger charge is -2.03. The fraction of sp³-hybridized carbons (Fsp3) is 0.583. The minimum atomic E-state index is -0.929. The van der Waals surface area contributed by atoms with E-state index in [0.29, 0.717) is 0 Å². The summed E-state index contributed by atoms with van der Waals surface area (Å²) in [6.45, 7) is 7.45. The molecule has 0 aromatic heterocycles. The smallest absolute Gasteiger partial charge is 0.162 e. The second kappa shape index (κ2) is 6.55. The van der Waals surface area contributed by atoms with Crippen LogP contribution >= 0.6 is 0 Å². The van der Waals surface area contributed by atoms with Crippen molar-refractivity contribution in [1.29, 1.82) is 0 Å². The Morgan fingerprint density at radius 3 is 2.29 bits per heavy atom. The minimum absolute atomic E-state index is 0.202. The largest absolute Gasteiger partial charge is 0.381 e. The summed E-state index contributed by atoms with van der Waals surface area (Å²) in [6.07, 6.45) is 4.71. The summed E-state index contributed by atoms with van der Waals surface area (Å²) >= 11 is 0. The van der Waals surface area contributed by atoms with Crippen LogP contribution in [0.25, 0.3) is 0 Å². The Balaban J connectivity index is 4.01. The lowest BCUT2D eigenvalue weighted by Crippen LogP contribution is -2.13. The molecule has 0 rings (SSSR count). The van der Waals surface area contributed by atoms with Gasteiger partial charge < -0.3 is 5.11 Å². The number of carbonyl (C=O) groups is 1. The molecule has 0 radical (unpaired) electrons. The van der Waals surface area contributed by atoms with E-state index in [1.54, 1.807) is 6.08 Å². The molecule has 80 valence electrons. The molecule has 2 heteroatoms. The van der Waals surface area contributed by atoms with Crippen molar-refractivity contribution in [2.45, 2.75) is 46.6 Å². The van der Waals surface area contributed by atoms with E-state index in [2.05, 4.69) is 19.9 Å². The lowest BCUT2D eigenvalue weighted by atomic mass is 10.1. The third kappa shape index (κ3) is 6.61. The number of hydrogen-bond acceptors (Lipinski definition) is 2. The molecule has 14 heavy (non-hydrogen) atoms. The normalized spacial score (nSPS) is 13.6. The zero-order chi connectivity index (χ0) is 11.1. The van der Waals surface area contributed by atoms with Crippen LogP contribution in [0, 0.1) is 0 Å². The fourth-order valence-corrected chi connectivity index (χ4v) is 1.06. The summed E-state index contributed by atoms with van der Waals surface area (Å²) in [7, 11) is 0. The number of aliphatic hydroxyl groups is 1. The van der Waals surface area contributed by atoms with E-state index in [-0.39, 0.29) is 5.78 Å². The van der Waals surface area contributed by atoms with Gasteiger partial charge in [0.2, 0.25) is 0 Å². The molecule has 0 spiro atoms. The van der Waals surface area contributed by atoms with Gasteiger partial charge in [0.15, 0.2) is 5.78 Å². The molecular formula is C12H20O2. The molecule has 0 amide bonds. The summed E-state index contributed by atoms with van der Waals surface area (Å²) < 4.78 is 0. The Hall–Kier alpha value is -0.890. The van der Waals surface area contributed by atoms with Gasteiger partial charge in [0.05, 0.1) is 0 Å². The highest BCUT2D eigenvalue weighted by Gasteiger charge is 2.05. The van der Waals surface area contributed by atoms with E-state index in [1.807, 2.05) is 6.92 Å². The Labute approximate surface area is 86.3 Å². The molecule has 0 aliphatic heterocycles. The van der Waals surface area contributed by atoms with Gasteiger partial charge in [-0.1, -0.05) is 17.2 Å². The van der Waals surface area contributed by atoms with Crippen LogP contribution in [-0.4, -0.2) is 17.0 Å². The van der Waals surface area contributed by atoms with Crippen LogP contribution in [0.5, 0.6) is 0 Å². The molecule has 0 saturated carbocycles. The van der Waals surface area contributed by atoms with Crippen LogP contribution in [0.3, 0.4) is 0 Å². The predicted molar refractivity (Wildman–Crippen MR) is 59.1 cm³/mol. The van der Waals surface area contributed by atoms with Gasteiger partial charge in [0.1, 0.15) is 6.10 Å². The number of hydrogen-bond donors (Lipinski definition) is 1. The number of carbonyl (C=O) groups excluding carboxylic acids is 1. The van der Waals surface area contributed by atoms with Gasteiger partial charge in [0.25, 0.3) is 0 Å². The molecule has 0 aromatic rings. The third-order valence-corrected chi connectivity index (χ3v) is 1.95. The first kappa shape index (κ1) is 13.1. The van der Waals surface area contributed by atoms with Crippen molar-refractivity contribution >= 4 is 5.78 Å². The molecule has 2 nitrogen and oxygen atoms in total. The summed E-state index contributed by atoms with van der Waals surface area (Å²) in [5, 5.41) is 9.26. The van der Waals surface area contributed by atoms with Gasteiger partial charge in [-0.25, -0.2) is 0 Å². The monoisotopic (exact) mass is 196 g/mol. The highest BCUT2D eigenvalue weighted by molar-refractivity contribution is 5.82. The summed E-state index contributed by atoms with van der Waals surface area (Å²) in [4.78, 5) is 10.8. The summed E-state index contributed by atoms with van der Waals surface area (Å²) in [6, 6.07) is 0. The molecule has 0 heterocycles. The minimum Gasteiger partial charge on any atom is -0.381 e. The van der Waals surface area contributed by atoms with E-state index in [4.69, 9.17) is 0 Å². The van der Waals surface area contributed by atoms with Crippen molar-refractivity contribution < 1.29 is 9.90 Å². The number of aliphatic hydroxyl groups excluding tert-OH is 1.